The van der Waals surface area contributed by atoms with Gasteiger partial charge in [-0.2, -0.15) is 0 Å². The molecule has 0 rings (SSSR count). The van der Waals surface area contributed by atoms with Gasteiger partial charge in [-0.15, -0.1) is 0 Å². The second kappa shape index (κ2) is 87.3. The summed E-state index contributed by atoms with van der Waals surface area (Å²) in [5.74, 6) is -1.98. The minimum atomic E-state index is -1.51. The number of likely N-dealkylation sites (N-methyl/N-ethyl adjacent to an activating group) is 1. The van der Waals surface area contributed by atoms with Crippen molar-refractivity contribution in [1.29, 1.82) is 0 Å². The number of carboxylic acid groups (broad SMARTS) is 1. The molecule has 0 aliphatic carbocycles. The Kier molecular flexibility index (Phi) is 83.8. The highest BCUT2D eigenvalue weighted by Gasteiger charge is 2.25. The van der Waals surface area contributed by atoms with E-state index in [1.54, 1.807) is 0 Å². The van der Waals surface area contributed by atoms with Crippen molar-refractivity contribution >= 4 is 17.9 Å². The Bertz CT molecular complexity index is 2190. The minimum absolute atomic E-state index is 0.179. The van der Waals surface area contributed by atoms with Crippen molar-refractivity contribution in [2.75, 3.05) is 47.5 Å². The van der Waals surface area contributed by atoms with E-state index >= 15 is 0 Å². The molecule has 0 spiro atoms. The van der Waals surface area contributed by atoms with Crippen LogP contribution in [0.15, 0.2) is 122 Å². The van der Waals surface area contributed by atoms with Crippen LogP contribution in [0, 0.1) is 0 Å². The van der Waals surface area contributed by atoms with Gasteiger partial charge >= 0.3 is 17.9 Å². The fourth-order valence-electron chi connectivity index (χ4n) is 13.4. The van der Waals surface area contributed by atoms with Crippen LogP contribution < -0.4 is 0 Å². The van der Waals surface area contributed by atoms with E-state index in [1.165, 1.54) is 295 Å². The molecule has 107 heavy (non-hydrogen) atoms. The third-order valence-electron chi connectivity index (χ3n) is 20.2. The lowest BCUT2D eigenvalue weighted by atomic mass is 10.0. The number of nitrogens with zero attached hydrogens (tertiary/aromatic N) is 1. The number of rotatable bonds is 85. The molecule has 0 radical (unpaired) electrons. The monoisotopic (exact) mass is 1490 g/mol. The minimum Gasteiger partial charge on any atom is -0.477 e. The largest absolute Gasteiger partial charge is 0.477 e. The van der Waals surface area contributed by atoms with Gasteiger partial charge in [0, 0.05) is 12.8 Å². The Morgan fingerprint density at radius 1 is 0.280 bits per heavy atom. The molecule has 9 nitrogen and oxygen atoms in total. The van der Waals surface area contributed by atoms with E-state index in [4.69, 9.17) is 18.9 Å². The zero-order valence-corrected chi connectivity index (χ0v) is 71.0. The molecule has 0 saturated carbocycles. The molecule has 618 valence electrons. The summed E-state index contributed by atoms with van der Waals surface area (Å²) in [6, 6.07) is 0. The van der Waals surface area contributed by atoms with Gasteiger partial charge in [-0.05, 0) is 103 Å². The molecule has 0 aromatic heterocycles. The van der Waals surface area contributed by atoms with Crippen LogP contribution in [-0.4, -0.2) is 87.4 Å². The van der Waals surface area contributed by atoms with Crippen LogP contribution in [0.5, 0.6) is 0 Å². The molecule has 9 heteroatoms. The fourth-order valence-corrected chi connectivity index (χ4v) is 13.4. The number of ether oxygens (including phenoxy) is 4. The van der Waals surface area contributed by atoms with Crippen LogP contribution in [0.25, 0.3) is 0 Å². The van der Waals surface area contributed by atoms with Crippen molar-refractivity contribution in [1.82, 2.24) is 0 Å². The second-order valence-corrected chi connectivity index (χ2v) is 31.9. The van der Waals surface area contributed by atoms with E-state index in [0.29, 0.717) is 17.4 Å². The standard InChI is InChI=1S/C98H173NO8/c1-6-8-10-12-14-16-18-20-22-24-26-28-30-32-34-36-38-40-42-44-46-48-50-52-54-56-58-60-62-64-66-68-70-72-74-76-78-80-82-84-86-88-95(100)105-92-94(93-106-98(97(102)103)104-91-90-99(3,4)5)107-96(101)89-87-85-83-81-79-77-75-73-71-69-67-65-63-61-59-57-55-53-51-49-47-45-43-41-39-37-35-33-31-29-27-25-23-21-19-17-15-13-11-9-7-2/h8-11,14-17,20-23,26-29,32-35,94,98H,6-7,12-13,18-19,24-25,30-31,36-93H2,1-5H3/p+1/b10-8-,11-9-,16-14-,17-15-,22-20-,23-21-,28-26-,29-27-,34-32-,35-33-. The summed E-state index contributed by atoms with van der Waals surface area (Å²) in [5, 5.41) is 9.80. The van der Waals surface area contributed by atoms with E-state index in [1.807, 2.05) is 21.1 Å². The van der Waals surface area contributed by atoms with Crippen LogP contribution >= 0.6 is 0 Å². The molecule has 0 bridgehead atoms. The fraction of sp³-hybridized carbons (Fsp3) is 0.765. The Balaban J connectivity index is 3.90. The molecule has 0 aromatic rings. The van der Waals surface area contributed by atoms with Gasteiger partial charge in [0.15, 0.2) is 6.10 Å². The Morgan fingerprint density at radius 2 is 0.505 bits per heavy atom. The van der Waals surface area contributed by atoms with E-state index in [0.717, 1.165) is 103 Å². The number of carbonyl (C=O) groups excluding carboxylic acids is 2. The average molecular weight is 1490 g/mol. The van der Waals surface area contributed by atoms with Crippen molar-refractivity contribution in [2.45, 2.75) is 437 Å². The summed E-state index contributed by atoms with van der Waals surface area (Å²) in [6.07, 6.45) is 123. The highest BCUT2D eigenvalue weighted by atomic mass is 16.7. The van der Waals surface area contributed by atoms with Gasteiger partial charge in [-0.25, -0.2) is 4.79 Å². The highest BCUT2D eigenvalue weighted by Crippen LogP contribution is 2.20. The van der Waals surface area contributed by atoms with Crippen LogP contribution in [0.4, 0.5) is 0 Å². The van der Waals surface area contributed by atoms with Gasteiger partial charge in [0.2, 0.25) is 0 Å². The summed E-state index contributed by atoms with van der Waals surface area (Å²) >= 11 is 0. The smallest absolute Gasteiger partial charge is 0.361 e. The van der Waals surface area contributed by atoms with Gasteiger partial charge in [0.05, 0.1) is 34.4 Å². The number of esters is 2. The molecule has 0 heterocycles. The Morgan fingerprint density at radius 3 is 0.748 bits per heavy atom. The zero-order chi connectivity index (χ0) is 77.4. The maximum absolute atomic E-state index is 13.0. The van der Waals surface area contributed by atoms with Crippen LogP contribution in [0.3, 0.4) is 0 Å². The number of unbranched alkanes of at least 4 members (excludes halogenated alkanes) is 50. The molecule has 2 unspecified atom stereocenters. The molecule has 0 saturated heterocycles. The summed E-state index contributed by atoms with van der Waals surface area (Å²) in [4.78, 5) is 37.9. The number of carbonyl (C=O) groups is 3. The van der Waals surface area contributed by atoms with Gasteiger partial charge in [-0.3, -0.25) is 9.59 Å². The third-order valence-corrected chi connectivity index (χ3v) is 20.2. The Hall–Kier alpha value is -4.31. The SMILES string of the molecule is CC/C=C\C/C=C\C/C=C\C/C=C\C/C=C\CCCCCCCCCCCCCCCCCCCCCCCCCCCC(=O)OCC(COC(OCC[N+](C)(C)C)C(=O)O)OC(=O)CCCCCCCCCCCCCCCCCCCCCCCCCCC/C=C\C/C=C\C/C=C\C/C=C\C/C=C\CC. The maximum Gasteiger partial charge on any atom is 0.361 e. The predicted molar refractivity (Wildman–Crippen MR) is 465 cm³/mol. The normalized spacial score (nSPS) is 13.2. The first-order valence-electron chi connectivity index (χ1n) is 45.7. The van der Waals surface area contributed by atoms with Crippen LogP contribution in [-0.2, 0) is 33.3 Å². The highest BCUT2D eigenvalue weighted by molar-refractivity contribution is 5.71. The molecular formula is C98H174NO8+. The van der Waals surface area contributed by atoms with Crippen molar-refractivity contribution in [3.05, 3.63) is 122 Å². The third kappa shape index (κ3) is 88.8. The number of aliphatic carboxylic acids is 1. The number of hydrogen-bond donors (Lipinski definition) is 1. The van der Waals surface area contributed by atoms with E-state index < -0.39 is 18.4 Å². The predicted octanol–water partition coefficient (Wildman–Crippen LogP) is 30.2. The first-order chi connectivity index (χ1) is 52.6. The molecule has 0 aliphatic rings. The molecule has 1 N–H and O–H groups in total. The molecule has 2 atom stereocenters. The lowest BCUT2D eigenvalue weighted by Gasteiger charge is -2.25. The number of hydrogen-bond acceptors (Lipinski definition) is 7. The quantitative estimate of drug-likeness (QED) is 0.0211. The van der Waals surface area contributed by atoms with Crippen LogP contribution in [0.1, 0.15) is 425 Å². The zero-order valence-electron chi connectivity index (χ0n) is 71.0. The summed E-state index contributed by atoms with van der Waals surface area (Å²) in [7, 11) is 6.00. The summed E-state index contributed by atoms with van der Waals surface area (Å²) < 4.78 is 23.1. The van der Waals surface area contributed by atoms with Gasteiger partial charge in [-0.1, -0.05) is 431 Å². The molecule has 0 aromatic carbocycles. The van der Waals surface area contributed by atoms with Crippen molar-refractivity contribution < 1.29 is 42.9 Å². The average Bonchev–Trinajstić information content (AvgIpc) is 0.928. The summed E-state index contributed by atoms with van der Waals surface area (Å²) in [6.45, 7) is 4.71. The summed E-state index contributed by atoms with van der Waals surface area (Å²) in [5.41, 5.74) is 0. The lowest BCUT2D eigenvalue weighted by Crippen LogP contribution is -2.40. The number of allylic oxidation sites excluding steroid dienone is 20. The second-order valence-electron chi connectivity index (χ2n) is 31.9. The van der Waals surface area contributed by atoms with E-state index in [9.17, 15) is 19.5 Å². The van der Waals surface area contributed by atoms with E-state index in [-0.39, 0.29) is 38.2 Å². The molecule has 0 aliphatic heterocycles. The van der Waals surface area contributed by atoms with Gasteiger partial charge in [0.1, 0.15) is 13.2 Å². The first-order valence-corrected chi connectivity index (χ1v) is 45.7. The van der Waals surface area contributed by atoms with Gasteiger partial charge in [0.25, 0.3) is 6.29 Å². The molecule has 0 amide bonds. The number of carboxylic acids is 1. The van der Waals surface area contributed by atoms with Crippen molar-refractivity contribution in [2.24, 2.45) is 0 Å². The lowest BCUT2D eigenvalue weighted by molar-refractivity contribution is -0.870. The Labute approximate surface area is 663 Å². The molecule has 0 fully saturated rings. The molecular weight excluding hydrogens is 1320 g/mol. The topological polar surface area (TPSA) is 108 Å². The number of quaternary nitrogens is 1. The van der Waals surface area contributed by atoms with Crippen molar-refractivity contribution in [3.63, 3.8) is 0 Å². The first kappa shape index (κ1) is 103. The van der Waals surface area contributed by atoms with Crippen LogP contribution in [0.2, 0.25) is 0 Å². The van der Waals surface area contributed by atoms with E-state index in [2.05, 4.69) is 135 Å². The van der Waals surface area contributed by atoms with Crippen molar-refractivity contribution in [3.8, 4) is 0 Å². The van der Waals surface area contributed by atoms with Gasteiger partial charge < -0.3 is 28.5 Å². The maximum atomic E-state index is 13.0.